The highest BCUT2D eigenvalue weighted by Gasteiger charge is 2.29. The quantitative estimate of drug-likeness (QED) is 0.642. The minimum Gasteiger partial charge on any atom is -0.472 e. The Morgan fingerprint density at radius 1 is 1.50 bits per heavy atom. The highest BCUT2D eigenvalue weighted by Crippen LogP contribution is 2.26. The first kappa shape index (κ1) is 11.0. The van der Waals surface area contributed by atoms with Crippen molar-refractivity contribution in [1.29, 1.82) is 0 Å². The van der Waals surface area contributed by atoms with E-state index in [-0.39, 0.29) is 0 Å². The Morgan fingerprint density at radius 2 is 2.29 bits per heavy atom. The minimum atomic E-state index is -1.14. The van der Waals surface area contributed by atoms with Crippen LogP contribution in [-0.2, 0) is 9.53 Å². The van der Waals surface area contributed by atoms with E-state index >= 15 is 0 Å². The standard InChI is InChI=1S/C10H14O4/c11-9(12)5-1-2-6-10(13)7-3-4-8-14-10/h13H,2-4,6-8H2,(H,11,12)/t10-/m0/s1. The summed E-state index contributed by atoms with van der Waals surface area (Å²) in [7, 11) is 0. The molecule has 0 aromatic carbocycles. The highest BCUT2D eigenvalue weighted by molar-refractivity contribution is 5.86. The van der Waals surface area contributed by atoms with E-state index in [4.69, 9.17) is 9.84 Å². The van der Waals surface area contributed by atoms with Gasteiger partial charge in [-0.2, -0.15) is 0 Å². The van der Waals surface area contributed by atoms with Crippen molar-refractivity contribution in [2.24, 2.45) is 0 Å². The van der Waals surface area contributed by atoms with E-state index in [2.05, 4.69) is 5.92 Å². The van der Waals surface area contributed by atoms with Gasteiger partial charge >= 0.3 is 5.97 Å². The molecule has 0 radical (unpaired) electrons. The molecule has 4 heteroatoms. The van der Waals surface area contributed by atoms with E-state index < -0.39 is 11.8 Å². The van der Waals surface area contributed by atoms with Crippen molar-refractivity contribution < 1.29 is 19.7 Å². The second-order valence-electron chi connectivity index (χ2n) is 3.36. The van der Waals surface area contributed by atoms with Gasteiger partial charge in [0.1, 0.15) is 0 Å². The SMILES string of the molecule is O=C(O)C#CCC[C@@]1(O)CCCCO1. The van der Waals surface area contributed by atoms with Crippen LogP contribution in [0.5, 0.6) is 0 Å². The molecule has 2 N–H and O–H groups in total. The second-order valence-corrected chi connectivity index (χ2v) is 3.36. The summed E-state index contributed by atoms with van der Waals surface area (Å²) < 4.78 is 5.21. The fourth-order valence-electron chi connectivity index (χ4n) is 1.43. The van der Waals surface area contributed by atoms with Gasteiger partial charge in [-0.05, 0) is 12.8 Å². The van der Waals surface area contributed by atoms with Gasteiger partial charge in [0.25, 0.3) is 0 Å². The number of carbonyl (C=O) groups is 1. The third-order valence-corrected chi connectivity index (χ3v) is 2.17. The molecule has 1 atom stereocenters. The molecule has 1 saturated heterocycles. The minimum absolute atomic E-state index is 0.350. The summed E-state index contributed by atoms with van der Waals surface area (Å²) in [5, 5.41) is 18.0. The summed E-state index contributed by atoms with van der Waals surface area (Å²) in [5.74, 6) is 2.25. The average molecular weight is 198 g/mol. The summed E-state index contributed by atoms with van der Waals surface area (Å²) in [6.45, 7) is 0.572. The zero-order valence-corrected chi connectivity index (χ0v) is 7.95. The van der Waals surface area contributed by atoms with E-state index in [1.54, 1.807) is 0 Å². The lowest BCUT2D eigenvalue weighted by Crippen LogP contribution is -2.35. The number of aliphatic hydroxyl groups is 1. The smallest absolute Gasteiger partial charge is 0.381 e. The monoisotopic (exact) mass is 198 g/mol. The first-order valence-electron chi connectivity index (χ1n) is 4.70. The van der Waals surface area contributed by atoms with Crippen LogP contribution < -0.4 is 0 Å². The van der Waals surface area contributed by atoms with Gasteiger partial charge in [0.05, 0.1) is 6.61 Å². The van der Waals surface area contributed by atoms with Crippen LogP contribution in [0.15, 0.2) is 0 Å². The van der Waals surface area contributed by atoms with Crippen LogP contribution in [0.1, 0.15) is 32.1 Å². The molecule has 0 saturated carbocycles. The normalized spacial score (nSPS) is 26.4. The molecule has 0 aliphatic carbocycles. The fraction of sp³-hybridized carbons (Fsp3) is 0.700. The number of hydrogen-bond donors (Lipinski definition) is 2. The summed E-state index contributed by atoms with van der Waals surface area (Å²) in [6.07, 6.45) is 3.27. The van der Waals surface area contributed by atoms with Gasteiger partial charge in [-0.25, -0.2) is 4.79 Å². The lowest BCUT2D eigenvalue weighted by molar-refractivity contribution is -0.227. The Morgan fingerprint density at radius 3 is 2.86 bits per heavy atom. The van der Waals surface area contributed by atoms with Crippen molar-refractivity contribution in [3.8, 4) is 11.8 Å². The molecular formula is C10H14O4. The van der Waals surface area contributed by atoms with Gasteiger partial charge in [0.15, 0.2) is 5.79 Å². The lowest BCUT2D eigenvalue weighted by atomic mass is 10.0. The number of carboxylic acids is 1. The molecule has 0 amide bonds. The number of rotatable bonds is 2. The summed E-state index contributed by atoms with van der Waals surface area (Å²) in [4.78, 5) is 10.1. The topological polar surface area (TPSA) is 66.8 Å². The third-order valence-electron chi connectivity index (χ3n) is 2.17. The van der Waals surface area contributed by atoms with E-state index in [1.165, 1.54) is 0 Å². The van der Waals surface area contributed by atoms with Crippen molar-refractivity contribution in [2.45, 2.75) is 37.9 Å². The molecular weight excluding hydrogens is 184 g/mol. The zero-order valence-electron chi connectivity index (χ0n) is 7.95. The van der Waals surface area contributed by atoms with Crippen LogP contribution >= 0.6 is 0 Å². The zero-order chi connectivity index (χ0) is 10.4. The Balaban J connectivity index is 2.29. The molecule has 1 aliphatic heterocycles. The Bertz CT molecular complexity index is 255. The molecule has 1 rings (SSSR count). The third kappa shape index (κ3) is 3.77. The molecule has 14 heavy (non-hydrogen) atoms. The summed E-state index contributed by atoms with van der Waals surface area (Å²) >= 11 is 0. The molecule has 4 nitrogen and oxygen atoms in total. The van der Waals surface area contributed by atoms with Crippen LogP contribution in [0.3, 0.4) is 0 Å². The Kier molecular flexibility index (Phi) is 3.93. The molecule has 0 aromatic rings. The molecule has 78 valence electrons. The molecule has 1 fully saturated rings. The maximum Gasteiger partial charge on any atom is 0.381 e. The average Bonchev–Trinajstić information content (AvgIpc) is 2.14. The van der Waals surface area contributed by atoms with Gasteiger partial charge < -0.3 is 14.9 Å². The number of hydrogen-bond acceptors (Lipinski definition) is 3. The lowest BCUT2D eigenvalue weighted by Gasteiger charge is -2.31. The molecule has 1 aliphatic rings. The first-order chi connectivity index (χ1) is 6.62. The van der Waals surface area contributed by atoms with Crippen molar-refractivity contribution >= 4 is 5.97 Å². The predicted molar refractivity (Wildman–Crippen MR) is 49.4 cm³/mol. The number of carboxylic acid groups (broad SMARTS) is 1. The second kappa shape index (κ2) is 4.99. The molecule has 1 heterocycles. The van der Waals surface area contributed by atoms with E-state index in [1.807, 2.05) is 5.92 Å². The van der Waals surface area contributed by atoms with Crippen molar-refractivity contribution in [3.63, 3.8) is 0 Å². The van der Waals surface area contributed by atoms with Gasteiger partial charge in [0.2, 0.25) is 0 Å². The summed E-state index contributed by atoms with van der Waals surface area (Å²) in [5.41, 5.74) is 0. The van der Waals surface area contributed by atoms with Crippen LogP contribution in [0.25, 0.3) is 0 Å². The number of ether oxygens (including phenoxy) is 1. The van der Waals surface area contributed by atoms with Gasteiger partial charge in [0, 0.05) is 25.2 Å². The highest BCUT2D eigenvalue weighted by atomic mass is 16.6. The van der Waals surface area contributed by atoms with Crippen LogP contribution in [-0.4, -0.2) is 28.6 Å². The molecule has 0 spiro atoms. The van der Waals surface area contributed by atoms with E-state index in [9.17, 15) is 9.90 Å². The van der Waals surface area contributed by atoms with Crippen LogP contribution in [0.2, 0.25) is 0 Å². The van der Waals surface area contributed by atoms with E-state index in [0.29, 0.717) is 25.9 Å². The van der Waals surface area contributed by atoms with Crippen molar-refractivity contribution in [3.05, 3.63) is 0 Å². The Labute approximate surface area is 82.9 Å². The number of aliphatic carboxylic acids is 1. The van der Waals surface area contributed by atoms with Gasteiger partial charge in [-0.15, -0.1) is 0 Å². The van der Waals surface area contributed by atoms with E-state index in [0.717, 1.165) is 12.8 Å². The molecule has 0 aromatic heterocycles. The fourth-order valence-corrected chi connectivity index (χ4v) is 1.43. The van der Waals surface area contributed by atoms with Crippen LogP contribution in [0, 0.1) is 11.8 Å². The van der Waals surface area contributed by atoms with Crippen LogP contribution in [0.4, 0.5) is 0 Å². The van der Waals surface area contributed by atoms with Crippen molar-refractivity contribution in [2.75, 3.05) is 6.61 Å². The van der Waals surface area contributed by atoms with Gasteiger partial charge in [-0.3, -0.25) is 0 Å². The van der Waals surface area contributed by atoms with Gasteiger partial charge in [-0.1, -0.05) is 5.92 Å². The largest absolute Gasteiger partial charge is 0.472 e. The molecule has 0 bridgehead atoms. The predicted octanol–water partition coefficient (Wildman–Crippen LogP) is 0.744. The maximum atomic E-state index is 10.1. The first-order valence-corrected chi connectivity index (χ1v) is 4.70. The molecule has 0 unspecified atom stereocenters. The Hall–Kier alpha value is -1.05. The van der Waals surface area contributed by atoms with Crippen molar-refractivity contribution in [1.82, 2.24) is 0 Å². The maximum absolute atomic E-state index is 10.1. The summed E-state index contributed by atoms with van der Waals surface area (Å²) in [6, 6.07) is 0.